The van der Waals surface area contributed by atoms with E-state index in [0.29, 0.717) is 11.9 Å². The minimum Gasteiger partial charge on any atom is -0.403 e. The van der Waals surface area contributed by atoms with Crippen LogP contribution in [0.3, 0.4) is 0 Å². The van der Waals surface area contributed by atoms with Crippen LogP contribution in [-0.2, 0) is 6.42 Å². The second kappa shape index (κ2) is 4.81. The Kier molecular flexibility index (Phi) is 2.83. The van der Waals surface area contributed by atoms with Crippen LogP contribution >= 0.6 is 0 Å². The summed E-state index contributed by atoms with van der Waals surface area (Å²) in [6.07, 6.45) is 4.79. The van der Waals surface area contributed by atoms with E-state index in [0.717, 1.165) is 31.6 Å². The molecule has 1 fully saturated rings. The van der Waals surface area contributed by atoms with Gasteiger partial charge in [0.25, 0.3) is 0 Å². The van der Waals surface area contributed by atoms with Crippen LogP contribution in [-0.4, -0.2) is 29.8 Å². The number of rotatable bonds is 2. The molecule has 1 aromatic heterocycles. The second-order valence-corrected chi connectivity index (χ2v) is 5.49. The van der Waals surface area contributed by atoms with Gasteiger partial charge in [-0.3, -0.25) is 0 Å². The molecule has 2 aliphatic rings. The minimum atomic E-state index is 0.625. The van der Waals surface area contributed by atoms with Crippen molar-refractivity contribution in [2.24, 2.45) is 0 Å². The maximum atomic E-state index is 5.85. The van der Waals surface area contributed by atoms with Gasteiger partial charge in [-0.1, -0.05) is 5.10 Å². The van der Waals surface area contributed by atoms with Crippen LogP contribution < -0.4 is 10.2 Å². The van der Waals surface area contributed by atoms with E-state index in [-0.39, 0.29) is 0 Å². The summed E-state index contributed by atoms with van der Waals surface area (Å²) in [5, 5.41) is 11.8. The molecule has 0 saturated carbocycles. The average molecular weight is 270 g/mol. The largest absolute Gasteiger partial charge is 0.403 e. The Morgan fingerprint density at radius 2 is 2.00 bits per heavy atom. The fraction of sp³-hybridized carbons (Fsp3) is 0.467. The highest BCUT2D eigenvalue weighted by molar-refractivity contribution is 5.65. The highest BCUT2D eigenvalue weighted by atomic mass is 16.4. The molecular weight excluding hydrogens is 252 g/mol. The standard InChI is InChI=1S/C15H18N4O/c1-2-8-19(9-3-1)15-18-17-14(20-15)12-4-5-13-11(10-12)6-7-16-13/h4-5,10,16H,1-3,6-9H2. The summed E-state index contributed by atoms with van der Waals surface area (Å²) in [6.45, 7) is 3.06. The van der Waals surface area contributed by atoms with Gasteiger partial charge in [0.1, 0.15) is 0 Å². The molecule has 3 heterocycles. The fourth-order valence-corrected chi connectivity index (χ4v) is 2.98. The average Bonchev–Trinajstić information content (AvgIpc) is 3.16. The molecule has 20 heavy (non-hydrogen) atoms. The van der Waals surface area contributed by atoms with Crippen molar-refractivity contribution in [3.63, 3.8) is 0 Å². The molecule has 0 amide bonds. The molecule has 0 bridgehead atoms. The molecular formula is C15H18N4O. The predicted molar refractivity (Wildman–Crippen MR) is 78.0 cm³/mol. The summed E-state index contributed by atoms with van der Waals surface area (Å²) in [6, 6.07) is 6.97. The number of nitrogens with one attached hydrogen (secondary N) is 1. The number of hydrogen-bond acceptors (Lipinski definition) is 5. The Balaban J connectivity index is 1.61. The first-order valence-electron chi connectivity index (χ1n) is 7.36. The lowest BCUT2D eigenvalue weighted by atomic mass is 10.1. The van der Waals surface area contributed by atoms with E-state index in [1.165, 1.54) is 30.5 Å². The number of piperidine rings is 1. The van der Waals surface area contributed by atoms with E-state index in [9.17, 15) is 0 Å². The first-order chi connectivity index (χ1) is 9.90. The monoisotopic (exact) mass is 270 g/mol. The third-order valence-corrected chi connectivity index (χ3v) is 4.10. The highest BCUT2D eigenvalue weighted by Crippen LogP contribution is 2.29. The predicted octanol–water partition coefficient (Wildman–Crippen LogP) is 2.69. The number of aromatic nitrogens is 2. The van der Waals surface area contributed by atoms with Gasteiger partial charge in [0.15, 0.2) is 0 Å². The summed E-state index contributed by atoms with van der Waals surface area (Å²) in [4.78, 5) is 2.19. The van der Waals surface area contributed by atoms with Crippen molar-refractivity contribution in [3.8, 4) is 11.5 Å². The second-order valence-electron chi connectivity index (χ2n) is 5.49. The molecule has 1 N–H and O–H groups in total. The van der Waals surface area contributed by atoms with Crippen LogP contribution in [0.15, 0.2) is 22.6 Å². The Bertz CT molecular complexity index is 616. The normalized spacial score (nSPS) is 17.9. The molecule has 1 saturated heterocycles. The molecule has 1 aromatic carbocycles. The lowest BCUT2D eigenvalue weighted by Crippen LogP contribution is -2.29. The van der Waals surface area contributed by atoms with Crippen LogP contribution in [0.25, 0.3) is 11.5 Å². The zero-order valence-electron chi connectivity index (χ0n) is 11.4. The van der Waals surface area contributed by atoms with Crippen molar-refractivity contribution in [2.75, 3.05) is 29.9 Å². The molecule has 2 aromatic rings. The van der Waals surface area contributed by atoms with Crippen LogP contribution in [0, 0.1) is 0 Å². The minimum absolute atomic E-state index is 0.625. The van der Waals surface area contributed by atoms with Gasteiger partial charge in [-0.15, -0.1) is 5.10 Å². The highest BCUT2D eigenvalue weighted by Gasteiger charge is 2.18. The summed E-state index contributed by atoms with van der Waals surface area (Å²) in [5.41, 5.74) is 3.58. The van der Waals surface area contributed by atoms with Crippen LogP contribution in [0.1, 0.15) is 24.8 Å². The van der Waals surface area contributed by atoms with E-state index in [1.807, 2.05) is 6.07 Å². The van der Waals surface area contributed by atoms with Crippen LogP contribution in [0.4, 0.5) is 11.7 Å². The molecule has 4 rings (SSSR count). The SMILES string of the molecule is c1cc2c(cc1-c1nnc(N3CCCCC3)o1)CCN2. The van der Waals surface area contributed by atoms with E-state index < -0.39 is 0 Å². The lowest BCUT2D eigenvalue weighted by Gasteiger charge is -2.24. The molecule has 5 heteroatoms. The van der Waals surface area contributed by atoms with Crippen molar-refractivity contribution >= 4 is 11.7 Å². The van der Waals surface area contributed by atoms with Gasteiger partial charge < -0.3 is 14.6 Å². The van der Waals surface area contributed by atoms with Crippen molar-refractivity contribution in [2.45, 2.75) is 25.7 Å². The first-order valence-corrected chi connectivity index (χ1v) is 7.36. The number of fused-ring (bicyclic) bond motifs is 1. The number of benzene rings is 1. The fourth-order valence-electron chi connectivity index (χ4n) is 2.98. The number of hydrogen-bond donors (Lipinski definition) is 1. The van der Waals surface area contributed by atoms with Gasteiger partial charge in [-0.25, -0.2) is 0 Å². The molecule has 104 valence electrons. The number of anilines is 2. The van der Waals surface area contributed by atoms with Crippen LogP contribution in [0.2, 0.25) is 0 Å². The van der Waals surface area contributed by atoms with E-state index >= 15 is 0 Å². The van der Waals surface area contributed by atoms with Crippen molar-refractivity contribution in [1.29, 1.82) is 0 Å². The van der Waals surface area contributed by atoms with E-state index in [4.69, 9.17) is 4.42 Å². The van der Waals surface area contributed by atoms with Gasteiger partial charge in [0.2, 0.25) is 5.89 Å². The van der Waals surface area contributed by atoms with Crippen molar-refractivity contribution < 1.29 is 4.42 Å². The van der Waals surface area contributed by atoms with Crippen molar-refractivity contribution in [1.82, 2.24) is 10.2 Å². The lowest BCUT2D eigenvalue weighted by molar-refractivity contribution is 0.498. The van der Waals surface area contributed by atoms with Crippen molar-refractivity contribution in [3.05, 3.63) is 23.8 Å². The van der Waals surface area contributed by atoms with Gasteiger partial charge in [-0.2, -0.15) is 0 Å². The van der Waals surface area contributed by atoms with Gasteiger partial charge in [0, 0.05) is 30.9 Å². The molecule has 0 atom stereocenters. The van der Waals surface area contributed by atoms with Gasteiger partial charge in [-0.05, 0) is 49.4 Å². The van der Waals surface area contributed by atoms with E-state index in [2.05, 4.69) is 32.5 Å². The Labute approximate surface area is 118 Å². The van der Waals surface area contributed by atoms with Gasteiger partial charge >= 0.3 is 6.01 Å². The third-order valence-electron chi connectivity index (χ3n) is 4.10. The quantitative estimate of drug-likeness (QED) is 0.909. The summed E-state index contributed by atoms with van der Waals surface area (Å²) in [7, 11) is 0. The molecule has 0 unspecified atom stereocenters. The van der Waals surface area contributed by atoms with Gasteiger partial charge in [0.05, 0.1) is 0 Å². The summed E-state index contributed by atoms with van der Waals surface area (Å²) in [5.74, 6) is 0.625. The topological polar surface area (TPSA) is 54.2 Å². The maximum absolute atomic E-state index is 5.85. The Hall–Kier alpha value is -2.04. The molecule has 5 nitrogen and oxygen atoms in total. The number of nitrogens with zero attached hydrogens (tertiary/aromatic N) is 3. The molecule has 0 aliphatic carbocycles. The Morgan fingerprint density at radius 1 is 1.10 bits per heavy atom. The molecule has 0 radical (unpaired) electrons. The first kappa shape index (κ1) is 11.8. The smallest absolute Gasteiger partial charge is 0.318 e. The zero-order chi connectivity index (χ0) is 13.4. The summed E-state index contributed by atoms with van der Waals surface area (Å²) < 4.78 is 5.85. The van der Waals surface area contributed by atoms with E-state index in [1.54, 1.807) is 0 Å². The molecule has 0 spiro atoms. The van der Waals surface area contributed by atoms with Crippen LogP contribution in [0.5, 0.6) is 0 Å². The molecule has 2 aliphatic heterocycles. The summed E-state index contributed by atoms with van der Waals surface area (Å²) >= 11 is 0. The third kappa shape index (κ3) is 2.03. The maximum Gasteiger partial charge on any atom is 0.318 e. The zero-order valence-corrected chi connectivity index (χ0v) is 11.4. The Morgan fingerprint density at radius 3 is 2.90 bits per heavy atom.